The van der Waals surface area contributed by atoms with Crippen LogP contribution in [0.3, 0.4) is 0 Å². The lowest BCUT2D eigenvalue weighted by Crippen LogP contribution is -2.28. The van der Waals surface area contributed by atoms with Crippen molar-refractivity contribution in [2.24, 2.45) is 0 Å². The number of methoxy groups -OCH3 is 1. The lowest BCUT2D eigenvalue weighted by molar-refractivity contribution is 0.0591. The van der Waals surface area contributed by atoms with E-state index in [1.165, 1.54) is 36.2 Å². The Labute approximate surface area is 108 Å². The minimum absolute atomic E-state index is 0.228. The molecule has 98 valence electrons. The van der Waals surface area contributed by atoms with Crippen LogP contribution in [0.5, 0.6) is 0 Å². The highest BCUT2D eigenvalue weighted by molar-refractivity contribution is 5.86. The number of aromatic nitrogens is 2. The molecule has 0 saturated carbocycles. The maximum Gasteiger partial charge on any atom is 0.362 e. The fraction of sp³-hybridized carbons (Fsp3) is 0.154. The van der Waals surface area contributed by atoms with Crippen LogP contribution >= 0.6 is 0 Å². The van der Waals surface area contributed by atoms with Crippen LogP contribution in [0.4, 0.5) is 4.39 Å². The van der Waals surface area contributed by atoms with Crippen LogP contribution in [0.15, 0.2) is 41.5 Å². The minimum atomic E-state index is -0.779. The van der Waals surface area contributed by atoms with Crippen LogP contribution in [0, 0.1) is 5.82 Å². The second-order valence-electron chi connectivity index (χ2n) is 3.83. The van der Waals surface area contributed by atoms with Gasteiger partial charge in [0, 0.05) is 12.4 Å². The van der Waals surface area contributed by atoms with Gasteiger partial charge in [-0.05, 0) is 17.7 Å². The van der Waals surface area contributed by atoms with E-state index in [0.717, 1.165) is 5.56 Å². The monoisotopic (exact) mass is 262 g/mol. The summed E-state index contributed by atoms with van der Waals surface area (Å²) in [6.45, 7) is 0.228. The number of hydrogen-bond acceptors (Lipinski definition) is 4. The van der Waals surface area contributed by atoms with E-state index < -0.39 is 11.5 Å². The maximum atomic E-state index is 12.8. The lowest BCUT2D eigenvalue weighted by Gasteiger charge is -2.06. The fourth-order valence-electron chi connectivity index (χ4n) is 1.59. The van der Waals surface area contributed by atoms with Crippen LogP contribution in [0.2, 0.25) is 0 Å². The van der Waals surface area contributed by atoms with Crippen LogP contribution in [0.1, 0.15) is 16.1 Å². The van der Waals surface area contributed by atoms with Gasteiger partial charge in [-0.25, -0.2) is 14.2 Å². The van der Waals surface area contributed by atoms with Crippen molar-refractivity contribution >= 4 is 5.97 Å². The molecule has 0 aliphatic heterocycles. The van der Waals surface area contributed by atoms with Crippen molar-refractivity contribution in [1.82, 2.24) is 9.55 Å². The fourth-order valence-corrected chi connectivity index (χ4v) is 1.59. The van der Waals surface area contributed by atoms with E-state index in [9.17, 15) is 14.0 Å². The molecule has 0 N–H and O–H groups in total. The molecule has 0 aliphatic carbocycles. The molecule has 0 unspecified atom stereocenters. The van der Waals surface area contributed by atoms with E-state index in [4.69, 9.17) is 0 Å². The Morgan fingerprint density at radius 1 is 1.37 bits per heavy atom. The first kappa shape index (κ1) is 12.9. The average Bonchev–Trinajstić information content (AvgIpc) is 2.43. The van der Waals surface area contributed by atoms with E-state index >= 15 is 0 Å². The molecule has 1 aromatic carbocycles. The van der Waals surface area contributed by atoms with Gasteiger partial charge in [-0.1, -0.05) is 12.1 Å². The van der Waals surface area contributed by atoms with E-state index in [1.54, 1.807) is 12.1 Å². The first-order valence-corrected chi connectivity index (χ1v) is 5.50. The minimum Gasteiger partial charge on any atom is -0.464 e. The maximum absolute atomic E-state index is 12.8. The highest BCUT2D eigenvalue weighted by Crippen LogP contribution is 2.04. The molecule has 5 nitrogen and oxygen atoms in total. The van der Waals surface area contributed by atoms with E-state index in [1.807, 2.05) is 0 Å². The van der Waals surface area contributed by atoms with Gasteiger partial charge in [0.05, 0.1) is 13.7 Å². The quantitative estimate of drug-likeness (QED) is 0.780. The second-order valence-corrected chi connectivity index (χ2v) is 3.83. The smallest absolute Gasteiger partial charge is 0.362 e. The predicted molar refractivity (Wildman–Crippen MR) is 65.3 cm³/mol. The number of halogens is 1. The number of esters is 1. The van der Waals surface area contributed by atoms with Crippen molar-refractivity contribution in [3.05, 3.63) is 64.1 Å². The normalized spacial score (nSPS) is 10.2. The SMILES string of the molecule is COC(=O)c1nccn(Cc2ccc(F)cc2)c1=O. The first-order valence-electron chi connectivity index (χ1n) is 5.50. The standard InChI is InChI=1S/C13H11FN2O3/c1-19-13(18)11-12(17)16(7-6-15-11)8-9-2-4-10(14)5-3-9/h2-7H,8H2,1H3. The Hall–Kier alpha value is -2.50. The summed E-state index contributed by atoms with van der Waals surface area (Å²) in [4.78, 5) is 27.0. The molecule has 0 spiro atoms. The van der Waals surface area contributed by atoms with Crippen molar-refractivity contribution in [1.29, 1.82) is 0 Å². The van der Waals surface area contributed by atoms with Crippen molar-refractivity contribution in [3.8, 4) is 0 Å². The molecule has 1 heterocycles. The molecule has 0 fully saturated rings. The number of nitrogens with zero attached hydrogens (tertiary/aromatic N) is 2. The van der Waals surface area contributed by atoms with Crippen molar-refractivity contribution in [2.75, 3.05) is 7.11 Å². The van der Waals surface area contributed by atoms with Gasteiger partial charge < -0.3 is 9.30 Å². The third-order valence-electron chi connectivity index (χ3n) is 2.56. The Balaban J connectivity index is 2.33. The molecule has 0 radical (unpaired) electrons. The summed E-state index contributed by atoms with van der Waals surface area (Å²) in [5.41, 5.74) is -0.0729. The zero-order chi connectivity index (χ0) is 13.8. The third kappa shape index (κ3) is 2.85. The topological polar surface area (TPSA) is 61.2 Å². The summed E-state index contributed by atoms with van der Waals surface area (Å²) < 4.78 is 18.6. The molecule has 0 atom stereocenters. The molecule has 0 saturated heterocycles. The zero-order valence-corrected chi connectivity index (χ0v) is 10.2. The van der Waals surface area contributed by atoms with Gasteiger partial charge in [-0.15, -0.1) is 0 Å². The molecule has 2 rings (SSSR count). The third-order valence-corrected chi connectivity index (χ3v) is 2.56. The van der Waals surface area contributed by atoms with Gasteiger partial charge in [0.25, 0.3) is 5.56 Å². The molecule has 19 heavy (non-hydrogen) atoms. The van der Waals surface area contributed by atoms with Gasteiger partial charge in [0.15, 0.2) is 0 Å². The van der Waals surface area contributed by atoms with Gasteiger partial charge in [0.2, 0.25) is 5.69 Å². The number of ether oxygens (including phenoxy) is 1. The number of benzene rings is 1. The van der Waals surface area contributed by atoms with E-state index in [0.29, 0.717) is 0 Å². The number of rotatable bonds is 3. The molecule has 2 aromatic rings. The van der Waals surface area contributed by atoms with Crippen LogP contribution < -0.4 is 5.56 Å². The summed E-state index contributed by atoms with van der Waals surface area (Å²) in [5.74, 6) is -1.13. The van der Waals surface area contributed by atoms with Crippen molar-refractivity contribution in [2.45, 2.75) is 6.54 Å². The van der Waals surface area contributed by atoms with Crippen LogP contribution in [-0.4, -0.2) is 22.6 Å². The van der Waals surface area contributed by atoms with Crippen molar-refractivity contribution in [3.63, 3.8) is 0 Å². The van der Waals surface area contributed by atoms with Gasteiger partial charge >= 0.3 is 5.97 Å². The predicted octanol–water partition coefficient (Wildman–Crippen LogP) is 1.22. The van der Waals surface area contributed by atoms with Gasteiger partial charge in [0.1, 0.15) is 5.82 Å². The highest BCUT2D eigenvalue weighted by Gasteiger charge is 2.14. The van der Waals surface area contributed by atoms with Crippen LogP contribution in [-0.2, 0) is 11.3 Å². The van der Waals surface area contributed by atoms with Crippen LogP contribution in [0.25, 0.3) is 0 Å². The summed E-state index contributed by atoms with van der Waals surface area (Å²) in [6, 6.07) is 5.76. The first-order chi connectivity index (χ1) is 9.11. The highest BCUT2D eigenvalue weighted by atomic mass is 19.1. The molecule has 0 bridgehead atoms. The zero-order valence-electron chi connectivity index (χ0n) is 10.2. The second kappa shape index (κ2) is 5.43. The number of carbonyl (C=O) groups excluding carboxylic acids is 1. The Morgan fingerprint density at radius 2 is 2.05 bits per heavy atom. The summed E-state index contributed by atoms with van der Waals surface area (Å²) in [7, 11) is 1.18. The average molecular weight is 262 g/mol. The molecule has 0 aliphatic rings. The molecular formula is C13H11FN2O3. The van der Waals surface area contributed by atoms with Crippen molar-refractivity contribution < 1.29 is 13.9 Å². The van der Waals surface area contributed by atoms with Gasteiger partial charge in [-0.3, -0.25) is 4.79 Å². The van der Waals surface area contributed by atoms with Gasteiger partial charge in [-0.2, -0.15) is 0 Å². The van der Waals surface area contributed by atoms with E-state index in [2.05, 4.69) is 9.72 Å². The largest absolute Gasteiger partial charge is 0.464 e. The number of hydrogen-bond donors (Lipinski definition) is 0. The molecule has 0 amide bonds. The Bertz CT molecular complexity index is 650. The lowest BCUT2D eigenvalue weighted by atomic mass is 10.2. The summed E-state index contributed by atoms with van der Waals surface area (Å²) >= 11 is 0. The summed E-state index contributed by atoms with van der Waals surface area (Å²) in [5, 5.41) is 0. The van der Waals surface area contributed by atoms with E-state index in [-0.39, 0.29) is 18.1 Å². The molecule has 6 heteroatoms. The summed E-state index contributed by atoms with van der Waals surface area (Å²) in [6.07, 6.45) is 2.80. The Kier molecular flexibility index (Phi) is 3.70. The Morgan fingerprint density at radius 3 is 2.68 bits per heavy atom. The molecular weight excluding hydrogens is 251 g/mol. The molecule has 1 aromatic heterocycles. The number of carbonyl (C=O) groups is 1.